The first-order chi connectivity index (χ1) is 17.1. The third-order valence-electron chi connectivity index (χ3n) is 6.13. The summed E-state index contributed by atoms with van der Waals surface area (Å²) in [7, 11) is 1.69. The number of nitriles is 1. The Hall–Kier alpha value is -3.95. The molecule has 4 aromatic rings. The summed E-state index contributed by atoms with van der Waals surface area (Å²) in [5.74, 6) is 0.0641. The number of imidazole rings is 1. The molecule has 6 heteroatoms. The van der Waals surface area contributed by atoms with Crippen molar-refractivity contribution in [3.05, 3.63) is 84.2 Å². The number of rotatable bonds is 10. The van der Waals surface area contributed by atoms with Crippen LogP contribution in [0.2, 0.25) is 0 Å². The minimum Gasteiger partial charge on any atom is -0.385 e. The summed E-state index contributed by atoms with van der Waals surface area (Å²) < 4.78 is 7.21. The van der Waals surface area contributed by atoms with Crippen molar-refractivity contribution in [2.45, 2.75) is 26.2 Å². The standard InChI is InChI=1S/C29H30N4O2/c1-3-4-16-32(17-5-18-35-2)29(34)25-12-10-23(11-13-25)26-14-15-28-31-20-27(33(28)21-26)24-8-6-22(19-30)7-9-24/h6-15,20-21H,3-5,16-18H2,1-2H3. The van der Waals surface area contributed by atoms with Crippen LogP contribution in [0.15, 0.2) is 73.1 Å². The Kier molecular flexibility index (Phi) is 7.92. The fraction of sp³-hybridized carbons (Fsp3) is 0.276. The van der Waals surface area contributed by atoms with Crippen LogP contribution in [0.3, 0.4) is 0 Å². The molecule has 0 atom stereocenters. The van der Waals surface area contributed by atoms with E-state index in [4.69, 9.17) is 10.00 Å². The number of carbonyl (C=O) groups excluding carboxylic acids is 1. The number of aromatic nitrogens is 2. The summed E-state index contributed by atoms with van der Waals surface area (Å²) in [6, 6.07) is 21.5. The number of carbonyl (C=O) groups is 1. The van der Waals surface area contributed by atoms with Crippen LogP contribution in [-0.4, -0.2) is 47.0 Å². The van der Waals surface area contributed by atoms with Crippen molar-refractivity contribution in [1.82, 2.24) is 14.3 Å². The van der Waals surface area contributed by atoms with E-state index in [1.807, 2.05) is 71.8 Å². The predicted octanol–water partition coefficient (Wildman–Crippen LogP) is 5.82. The highest BCUT2D eigenvalue weighted by atomic mass is 16.5. The first kappa shape index (κ1) is 24.2. The maximum Gasteiger partial charge on any atom is 0.253 e. The molecule has 0 saturated heterocycles. The van der Waals surface area contributed by atoms with Crippen LogP contribution in [0, 0.1) is 11.3 Å². The summed E-state index contributed by atoms with van der Waals surface area (Å²) in [5, 5.41) is 9.07. The monoisotopic (exact) mass is 466 g/mol. The molecule has 2 aromatic heterocycles. The molecule has 0 aliphatic rings. The minimum atomic E-state index is 0.0641. The van der Waals surface area contributed by atoms with Gasteiger partial charge in [0, 0.05) is 44.1 Å². The fourth-order valence-electron chi connectivity index (χ4n) is 4.13. The summed E-state index contributed by atoms with van der Waals surface area (Å²) in [5.41, 5.74) is 6.20. The number of pyridine rings is 1. The van der Waals surface area contributed by atoms with Crippen LogP contribution < -0.4 is 0 Å². The second-order valence-electron chi connectivity index (χ2n) is 8.55. The second-order valence-corrected chi connectivity index (χ2v) is 8.55. The molecule has 0 aliphatic carbocycles. The number of hydrogen-bond acceptors (Lipinski definition) is 4. The topological polar surface area (TPSA) is 70.6 Å². The third-order valence-corrected chi connectivity index (χ3v) is 6.13. The smallest absolute Gasteiger partial charge is 0.253 e. The van der Waals surface area contributed by atoms with E-state index < -0.39 is 0 Å². The van der Waals surface area contributed by atoms with Crippen molar-refractivity contribution in [3.63, 3.8) is 0 Å². The normalized spacial score (nSPS) is 10.9. The molecule has 6 nitrogen and oxygen atoms in total. The third kappa shape index (κ3) is 5.59. The summed E-state index contributed by atoms with van der Waals surface area (Å²) in [6.45, 7) is 4.24. The molecular weight excluding hydrogens is 436 g/mol. The van der Waals surface area contributed by atoms with Crippen LogP contribution >= 0.6 is 0 Å². The highest BCUT2D eigenvalue weighted by molar-refractivity contribution is 5.94. The number of ether oxygens (including phenoxy) is 1. The van der Waals surface area contributed by atoms with Crippen molar-refractivity contribution in [1.29, 1.82) is 5.26 Å². The average Bonchev–Trinajstić information content (AvgIpc) is 3.34. The van der Waals surface area contributed by atoms with Gasteiger partial charge in [0.05, 0.1) is 23.5 Å². The Morgan fingerprint density at radius 2 is 1.66 bits per heavy atom. The Labute approximate surface area is 206 Å². The number of fused-ring (bicyclic) bond motifs is 1. The van der Waals surface area contributed by atoms with Crippen LogP contribution in [0.1, 0.15) is 42.1 Å². The molecule has 0 spiro atoms. The Morgan fingerprint density at radius 1 is 0.971 bits per heavy atom. The van der Waals surface area contributed by atoms with Gasteiger partial charge in [-0.2, -0.15) is 5.26 Å². The van der Waals surface area contributed by atoms with E-state index in [9.17, 15) is 4.79 Å². The molecule has 0 saturated carbocycles. The van der Waals surface area contributed by atoms with Crippen LogP contribution in [0.25, 0.3) is 28.0 Å². The van der Waals surface area contributed by atoms with E-state index in [0.29, 0.717) is 24.3 Å². The molecule has 4 rings (SSSR count). The SMILES string of the molecule is CCCCN(CCCOC)C(=O)c1ccc(-c2ccc3ncc(-c4ccc(C#N)cc4)n3c2)cc1. The van der Waals surface area contributed by atoms with Crippen molar-refractivity contribution in [3.8, 4) is 28.5 Å². The van der Waals surface area contributed by atoms with Crippen molar-refractivity contribution >= 4 is 11.6 Å². The van der Waals surface area contributed by atoms with Gasteiger partial charge < -0.3 is 9.64 Å². The molecule has 2 heterocycles. The number of hydrogen-bond donors (Lipinski definition) is 0. The number of methoxy groups -OCH3 is 1. The predicted molar refractivity (Wildman–Crippen MR) is 138 cm³/mol. The van der Waals surface area contributed by atoms with Crippen LogP contribution in [0.5, 0.6) is 0 Å². The van der Waals surface area contributed by atoms with Crippen LogP contribution in [0.4, 0.5) is 0 Å². The van der Waals surface area contributed by atoms with Crippen molar-refractivity contribution < 1.29 is 9.53 Å². The lowest BCUT2D eigenvalue weighted by molar-refractivity contribution is 0.0734. The Bertz CT molecular complexity index is 1320. The van der Waals surface area contributed by atoms with Gasteiger partial charge in [-0.05, 0) is 60.4 Å². The van der Waals surface area contributed by atoms with Crippen molar-refractivity contribution in [2.75, 3.05) is 26.8 Å². The van der Waals surface area contributed by atoms with Gasteiger partial charge in [0.1, 0.15) is 5.65 Å². The number of amides is 1. The van der Waals surface area contributed by atoms with Gasteiger partial charge in [0.2, 0.25) is 0 Å². The minimum absolute atomic E-state index is 0.0641. The highest BCUT2D eigenvalue weighted by Gasteiger charge is 2.15. The van der Waals surface area contributed by atoms with E-state index in [-0.39, 0.29) is 5.91 Å². The molecule has 0 aliphatic heterocycles. The summed E-state index contributed by atoms with van der Waals surface area (Å²) in [4.78, 5) is 19.6. The lowest BCUT2D eigenvalue weighted by Gasteiger charge is -2.22. The van der Waals surface area contributed by atoms with Gasteiger partial charge in [0.25, 0.3) is 5.91 Å². The second kappa shape index (κ2) is 11.5. The molecule has 0 unspecified atom stereocenters. The van der Waals surface area contributed by atoms with Gasteiger partial charge in [-0.15, -0.1) is 0 Å². The van der Waals surface area contributed by atoms with E-state index >= 15 is 0 Å². The van der Waals surface area contributed by atoms with Gasteiger partial charge in [0.15, 0.2) is 0 Å². The number of unbranched alkanes of at least 4 members (excludes halogenated alkanes) is 1. The molecule has 35 heavy (non-hydrogen) atoms. The number of benzene rings is 2. The van der Waals surface area contributed by atoms with E-state index in [1.165, 1.54) is 0 Å². The largest absolute Gasteiger partial charge is 0.385 e. The van der Waals surface area contributed by atoms with Gasteiger partial charge in [-0.25, -0.2) is 4.98 Å². The molecule has 2 aromatic carbocycles. The molecule has 0 N–H and O–H groups in total. The first-order valence-corrected chi connectivity index (χ1v) is 12.0. The zero-order valence-corrected chi connectivity index (χ0v) is 20.3. The number of nitrogens with zero attached hydrogens (tertiary/aromatic N) is 4. The molecule has 1 amide bonds. The fourth-order valence-corrected chi connectivity index (χ4v) is 4.13. The Balaban J connectivity index is 1.57. The molecule has 0 fully saturated rings. The highest BCUT2D eigenvalue weighted by Crippen LogP contribution is 2.26. The zero-order chi connectivity index (χ0) is 24.6. The maximum absolute atomic E-state index is 13.1. The molecule has 0 bridgehead atoms. The zero-order valence-electron chi connectivity index (χ0n) is 20.3. The lowest BCUT2D eigenvalue weighted by Crippen LogP contribution is -2.33. The Morgan fingerprint density at radius 3 is 2.34 bits per heavy atom. The van der Waals surface area contributed by atoms with Gasteiger partial charge >= 0.3 is 0 Å². The average molecular weight is 467 g/mol. The maximum atomic E-state index is 13.1. The molecular formula is C29H30N4O2. The van der Waals surface area contributed by atoms with Gasteiger partial charge in [-0.3, -0.25) is 9.20 Å². The van der Waals surface area contributed by atoms with E-state index in [2.05, 4.69) is 28.6 Å². The van der Waals surface area contributed by atoms with Gasteiger partial charge in [-0.1, -0.05) is 37.6 Å². The summed E-state index contributed by atoms with van der Waals surface area (Å²) in [6.07, 6.45) is 6.77. The van der Waals surface area contributed by atoms with Crippen LogP contribution in [-0.2, 0) is 4.74 Å². The van der Waals surface area contributed by atoms with E-state index in [0.717, 1.165) is 53.8 Å². The lowest BCUT2D eigenvalue weighted by atomic mass is 10.0. The summed E-state index contributed by atoms with van der Waals surface area (Å²) >= 11 is 0. The van der Waals surface area contributed by atoms with E-state index in [1.54, 1.807) is 7.11 Å². The quantitative estimate of drug-likeness (QED) is 0.276. The molecule has 178 valence electrons. The first-order valence-electron chi connectivity index (χ1n) is 12.0. The van der Waals surface area contributed by atoms with Crippen molar-refractivity contribution in [2.24, 2.45) is 0 Å². The molecule has 0 radical (unpaired) electrons.